The standard InChI is InChI=1S/C61H81ClF3N9O18/c1-31(2)51(70-45(75)18-11-12-19-49(79)92-74-46(76)22-23-47(74)77)54(81)69-39(16-14-24-67-57(66)84)53(80)68-36-20-21-37(38(28-36)61(63,64)65)55(82)72(7)34(5)56(83)90-44-29-48(78)73(8)40-26-35(27-41(87-9)50(40)62)25-32(3)15-13-17-43(88-10)60(86)30-42(89-58(85)71-60)33(4)52-59(44,6)91-52/h13,15,17,20-21,26-28,31,33-34,39,42-44,51-52,56,83,86H,11-12,14,16,18-19,22-25,29-30H2,1-10H3,(H,68,80)(H,69,81)(H,70,75)(H,71,85)(H3,66,67,84)/b17-13+,32-15+/t33-,34+,39+,42+,43-,44+,51+,52+,56?,59+,60+/m1/s1. The normalized spacial score (nSPS) is 24.9. The van der Waals surface area contributed by atoms with E-state index in [0.717, 1.165) is 29.7 Å². The average Bonchev–Trinajstić information content (AvgIpc) is 1.56. The van der Waals surface area contributed by atoms with Crippen LogP contribution in [0.2, 0.25) is 5.02 Å². The monoisotopic (exact) mass is 1320 g/mol. The fraction of sp³-hybridized carbons (Fsp3) is 0.574. The van der Waals surface area contributed by atoms with Crippen LogP contribution < -0.4 is 42.0 Å². The molecule has 3 fully saturated rings. The smallest absolute Gasteiger partial charge is 0.417 e. The lowest BCUT2D eigenvalue weighted by molar-refractivity contribution is -0.197. The number of carbonyl (C=O) groups is 10. The first-order valence-electron chi connectivity index (χ1n) is 29.8. The second kappa shape index (κ2) is 31.1. The Morgan fingerprint density at radius 1 is 0.967 bits per heavy atom. The van der Waals surface area contributed by atoms with Crippen LogP contribution in [-0.2, 0) is 69.9 Å². The molecule has 4 bridgehead atoms. The Bertz CT molecular complexity index is 3170. The summed E-state index contributed by atoms with van der Waals surface area (Å²) < 4.78 is 74.9. The van der Waals surface area contributed by atoms with E-state index < -0.39 is 161 Å². The number of anilines is 2. The van der Waals surface area contributed by atoms with Gasteiger partial charge in [-0.3, -0.25) is 38.9 Å². The minimum absolute atomic E-state index is 0.00929. The van der Waals surface area contributed by atoms with E-state index >= 15 is 13.2 Å². The maximum Gasteiger partial charge on any atom is 0.417 e. The largest absolute Gasteiger partial charge is 0.495 e. The SMILES string of the molecule is COc1cc2cc(c1Cl)N(C)C(=O)C[C@H](OC(O)[C@H](C)N(C)C(=O)c1ccc(NC(=O)[C@H](CCCNC(N)=O)NC(=O)[C@@H](NC(=O)CCCCC(=O)ON3C(=O)CCC3=O)C(C)C)cc1C(F)(F)F)[C@]1(C)O[C@H]1[C@H](C)[C@@H]1C[C@@](O)(NC(=O)O1)[C@H](OC)/C=C/C=C(\C)C2. The Kier molecular flexibility index (Phi) is 24.8. The molecule has 10 amide bonds. The molecule has 11 atom stereocenters. The van der Waals surface area contributed by atoms with Crippen LogP contribution in [0.3, 0.4) is 0 Å². The van der Waals surface area contributed by atoms with Crippen molar-refractivity contribution in [3.05, 3.63) is 75.8 Å². The van der Waals surface area contributed by atoms with E-state index in [-0.39, 0.29) is 80.8 Å². The number of epoxide rings is 1. The van der Waals surface area contributed by atoms with Crippen LogP contribution >= 0.6 is 11.6 Å². The number of rotatable bonds is 23. The summed E-state index contributed by atoms with van der Waals surface area (Å²) in [5, 5.41) is 36.6. The third kappa shape index (κ3) is 18.4. The molecule has 2 aromatic carbocycles. The predicted molar refractivity (Wildman–Crippen MR) is 323 cm³/mol. The van der Waals surface area contributed by atoms with Crippen molar-refractivity contribution in [1.82, 2.24) is 31.2 Å². The number of hydrogen-bond acceptors (Lipinski definition) is 18. The molecule has 4 heterocycles. The summed E-state index contributed by atoms with van der Waals surface area (Å²) in [4.78, 5) is 137. The predicted octanol–water partition coefficient (Wildman–Crippen LogP) is 4.82. The van der Waals surface area contributed by atoms with Crippen molar-refractivity contribution in [2.24, 2.45) is 17.6 Å². The Balaban J connectivity index is 1.20. The highest BCUT2D eigenvalue weighted by atomic mass is 35.5. The van der Waals surface area contributed by atoms with Gasteiger partial charge in [0, 0.05) is 71.5 Å². The zero-order valence-corrected chi connectivity index (χ0v) is 53.5. The second-order valence-electron chi connectivity index (χ2n) is 23.8. The number of nitrogens with one attached hydrogen (secondary N) is 5. The lowest BCUT2D eigenvalue weighted by Gasteiger charge is -2.42. The molecule has 27 nitrogen and oxygen atoms in total. The van der Waals surface area contributed by atoms with Crippen molar-refractivity contribution in [2.45, 2.75) is 179 Å². The Morgan fingerprint density at radius 3 is 2.27 bits per heavy atom. The molecule has 4 aliphatic rings. The minimum Gasteiger partial charge on any atom is -0.495 e. The van der Waals surface area contributed by atoms with Gasteiger partial charge in [0.2, 0.25) is 23.6 Å². The van der Waals surface area contributed by atoms with Gasteiger partial charge >= 0.3 is 24.3 Å². The molecule has 1 unspecified atom stereocenters. The van der Waals surface area contributed by atoms with Gasteiger partial charge in [-0.1, -0.05) is 56.2 Å². The number of amides is 10. The van der Waals surface area contributed by atoms with Gasteiger partial charge in [-0.15, -0.1) is 5.06 Å². The van der Waals surface area contributed by atoms with E-state index in [9.17, 15) is 58.2 Å². The summed E-state index contributed by atoms with van der Waals surface area (Å²) in [5.41, 5.74) is 0.539. The number of hydroxylamine groups is 2. The number of fused-ring (bicyclic) bond motifs is 5. The van der Waals surface area contributed by atoms with E-state index in [1.807, 2.05) is 6.92 Å². The van der Waals surface area contributed by atoms with Crippen LogP contribution in [0.25, 0.3) is 0 Å². The summed E-state index contributed by atoms with van der Waals surface area (Å²) >= 11 is 6.82. The molecule has 0 aromatic heterocycles. The number of ether oxygens (including phenoxy) is 5. The number of aliphatic hydroxyl groups excluding tert-OH is 1. The maximum atomic E-state index is 15.1. The van der Waals surface area contributed by atoms with Crippen molar-refractivity contribution in [2.75, 3.05) is 45.1 Å². The van der Waals surface area contributed by atoms with Gasteiger partial charge in [0.15, 0.2) is 12.0 Å². The number of nitrogens with zero attached hydrogens (tertiary/aromatic N) is 3. The van der Waals surface area contributed by atoms with Crippen molar-refractivity contribution in [3.63, 3.8) is 0 Å². The highest BCUT2D eigenvalue weighted by Crippen LogP contribution is 2.50. The zero-order valence-electron chi connectivity index (χ0n) is 52.7. The number of alkyl halides is 3. The number of hydrogen-bond donors (Lipinski definition) is 8. The number of imide groups is 1. The quantitative estimate of drug-likeness (QED) is 0.0320. The molecule has 31 heteroatoms. The van der Waals surface area contributed by atoms with Crippen molar-refractivity contribution in [3.8, 4) is 5.75 Å². The number of nitrogens with two attached hydrogens (primary N) is 1. The summed E-state index contributed by atoms with van der Waals surface area (Å²) in [6, 6.07) is 0.540. The maximum absolute atomic E-state index is 15.1. The third-order valence-electron chi connectivity index (χ3n) is 16.5. The van der Waals surface area contributed by atoms with Crippen LogP contribution in [0, 0.1) is 11.8 Å². The second-order valence-corrected chi connectivity index (χ2v) is 24.1. The number of likely N-dealkylation sites (N-methyl/N-ethyl adjacent to an activating group) is 1. The molecule has 4 aliphatic heterocycles. The molecule has 506 valence electrons. The van der Waals surface area contributed by atoms with Crippen LogP contribution in [0.1, 0.15) is 127 Å². The number of methoxy groups -OCH3 is 2. The number of carbonyl (C=O) groups excluding carboxylic acids is 10. The summed E-state index contributed by atoms with van der Waals surface area (Å²) in [7, 11) is 5.32. The van der Waals surface area contributed by atoms with Gasteiger partial charge in [-0.25, -0.2) is 14.4 Å². The summed E-state index contributed by atoms with van der Waals surface area (Å²) in [6.45, 7) is 9.47. The van der Waals surface area contributed by atoms with E-state index in [0.29, 0.717) is 23.1 Å². The van der Waals surface area contributed by atoms with Crippen molar-refractivity contribution < 1.29 is 99.9 Å². The fourth-order valence-corrected chi connectivity index (χ4v) is 11.3. The number of primary amides is 1. The number of unbranched alkanes of at least 4 members (excludes halogenated alkanes) is 1. The lowest BCUT2D eigenvalue weighted by atomic mass is 9.83. The number of benzene rings is 2. The highest BCUT2D eigenvalue weighted by Gasteiger charge is 2.64. The Hall–Kier alpha value is -7.90. The van der Waals surface area contributed by atoms with Crippen LogP contribution in [0.5, 0.6) is 5.75 Å². The van der Waals surface area contributed by atoms with E-state index in [1.54, 1.807) is 58.1 Å². The summed E-state index contributed by atoms with van der Waals surface area (Å²) in [5.74, 6) is -7.68. The molecule has 6 rings (SSSR count). The first-order valence-corrected chi connectivity index (χ1v) is 30.2. The number of allylic oxidation sites excluding steroid dienone is 3. The average molecular weight is 1320 g/mol. The molecule has 0 saturated carbocycles. The van der Waals surface area contributed by atoms with Gasteiger partial charge in [-0.2, -0.15) is 13.2 Å². The molecule has 2 aromatic rings. The zero-order chi connectivity index (χ0) is 68.3. The first kappa shape index (κ1) is 73.2. The van der Waals surface area contributed by atoms with Gasteiger partial charge in [0.25, 0.3) is 17.7 Å². The summed E-state index contributed by atoms with van der Waals surface area (Å²) in [6.07, 6.45) is -8.64. The lowest BCUT2D eigenvalue weighted by Crippen LogP contribution is -2.63. The molecule has 92 heavy (non-hydrogen) atoms. The van der Waals surface area contributed by atoms with E-state index in [4.69, 9.17) is 45.9 Å². The van der Waals surface area contributed by atoms with Gasteiger partial charge in [0.1, 0.15) is 46.8 Å². The number of urea groups is 1. The number of halogens is 4. The molecule has 9 N–H and O–H groups in total. The molecular formula is C61H81ClF3N9O18. The van der Waals surface area contributed by atoms with Gasteiger partial charge < -0.3 is 75.5 Å². The number of aliphatic hydroxyl groups is 2. The van der Waals surface area contributed by atoms with E-state index in [2.05, 4.69) is 26.6 Å². The molecule has 0 radical (unpaired) electrons. The Morgan fingerprint density at radius 2 is 1.64 bits per heavy atom. The van der Waals surface area contributed by atoms with Crippen LogP contribution in [0.4, 0.5) is 34.1 Å². The third-order valence-corrected chi connectivity index (χ3v) is 16.9. The molecule has 3 saturated heterocycles. The fourth-order valence-electron chi connectivity index (χ4n) is 10.9. The van der Waals surface area contributed by atoms with Crippen molar-refractivity contribution in [1.29, 1.82) is 0 Å². The minimum atomic E-state index is -5.25. The first-order chi connectivity index (χ1) is 43.1. The highest BCUT2D eigenvalue weighted by molar-refractivity contribution is 6.35. The van der Waals surface area contributed by atoms with Crippen LogP contribution in [0.15, 0.2) is 54.1 Å². The van der Waals surface area contributed by atoms with Crippen LogP contribution in [-0.4, -0.2) is 175 Å². The molecule has 0 aliphatic carbocycles. The molecular weight excluding hydrogens is 1240 g/mol. The number of alkyl carbamates (subject to hydrolysis) is 1. The topological polar surface area (TPSA) is 366 Å². The van der Waals surface area contributed by atoms with Crippen molar-refractivity contribution >= 4 is 82.4 Å². The van der Waals surface area contributed by atoms with E-state index in [1.165, 1.54) is 33.1 Å². The van der Waals surface area contributed by atoms with Gasteiger partial charge in [0.05, 0.1) is 42.5 Å². The van der Waals surface area contributed by atoms with Gasteiger partial charge in [-0.05, 0) is 94.7 Å². The Labute approximate surface area is 534 Å². The molecule has 0 spiro atoms.